The average molecular weight is 334 g/mol. The lowest BCUT2D eigenvalue weighted by Crippen LogP contribution is -2.20. The number of amides is 1. The zero-order valence-corrected chi connectivity index (χ0v) is 12.1. The van der Waals surface area contributed by atoms with Gasteiger partial charge in [0, 0.05) is 10.2 Å². The van der Waals surface area contributed by atoms with Crippen LogP contribution in [0.2, 0.25) is 0 Å². The number of halogens is 1. The molecule has 5 heteroatoms. The first-order valence-electron chi connectivity index (χ1n) is 5.93. The highest BCUT2D eigenvalue weighted by atomic mass is 79.9. The van der Waals surface area contributed by atoms with Gasteiger partial charge in [-0.2, -0.15) is 0 Å². The second kappa shape index (κ2) is 6.86. The minimum Gasteiger partial charge on any atom is -0.452 e. The van der Waals surface area contributed by atoms with Crippen LogP contribution in [0.25, 0.3) is 0 Å². The van der Waals surface area contributed by atoms with Crippen LogP contribution in [-0.2, 0) is 9.53 Å². The zero-order valence-electron chi connectivity index (χ0n) is 10.5. The van der Waals surface area contributed by atoms with E-state index in [0.29, 0.717) is 11.3 Å². The van der Waals surface area contributed by atoms with Gasteiger partial charge in [-0.25, -0.2) is 4.79 Å². The lowest BCUT2D eigenvalue weighted by molar-refractivity contribution is -0.119. The maximum absolute atomic E-state index is 11.7. The largest absolute Gasteiger partial charge is 0.452 e. The number of hydrogen-bond donors (Lipinski definition) is 1. The molecule has 0 unspecified atom stereocenters. The predicted octanol–water partition coefficient (Wildman–Crippen LogP) is 3.24. The highest BCUT2D eigenvalue weighted by molar-refractivity contribution is 9.10. The third kappa shape index (κ3) is 4.20. The average Bonchev–Trinajstić information content (AvgIpc) is 2.46. The van der Waals surface area contributed by atoms with Crippen molar-refractivity contribution in [2.45, 2.75) is 0 Å². The molecule has 0 fully saturated rings. The Bertz CT molecular complexity index is 614. The second-order valence-corrected chi connectivity index (χ2v) is 4.92. The van der Waals surface area contributed by atoms with Crippen molar-refractivity contribution in [2.75, 3.05) is 11.9 Å². The van der Waals surface area contributed by atoms with E-state index in [0.717, 1.165) is 4.47 Å². The minimum absolute atomic E-state index is 0.319. The van der Waals surface area contributed by atoms with E-state index in [4.69, 9.17) is 4.74 Å². The number of rotatable bonds is 4. The molecular weight excluding hydrogens is 322 g/mol. The van der Waals surface area contributed by atoms with Crippen molar-refractivity contribution in [3.63, 3.8) is 0 Å². The summed E-state index contributed by atoms with van der Waals surface area (Å²) in [4.78, 5) is 23.3. The number of esters is 1. The standard InChI is InChI=1S/C15H12BrNO3/c16-12-6-4-5-11(9-12)15(19)20-10-14(18)17-13-7-2-1-3-8-13/h1-9H,10H2,(H,17,18). The highest BCUT2D eigenvalue weighted by Gasteiger charge is 2.10. The van der Waals surface area contributed by atoms with Gasteiger partial charge in [-0.05, 0) is 30.3 Å². The fourth-order valence-electron chi connectivity index (χ4n) is 1.55. The maximum atomic E-state index is 11.7. The van der Waals surface area contributed by atoms with Gasteiger partial charge in [-0.15, -0.1) is 0 Å². The Labute approximate surface area is 124 Å². The Morgan fingerprint density at radius 3 is 2.50 bits per heavy atom. The van der Waals surface area contributed by atoms with Crippen LogP contribution in [0.1, 0.15) is 10.4 Å². The lowest BCUT2D eigenvalue weighted by atomic mass is 10.2. The zero-order chi connectivity index (χ0) is 14.4. The molecule has 0 saturated heterocycles. The molecule has 2 rings (SSSR count). The molecule has 0 aliphatic rings. The summed E-state index contributed by atoms with van der Waals surface area (Å²) in [5, 5.41) is 2.63. The van der Waals surface area contributed by atoms with Gasteiger partial charge in [0.2, 0.25) is 0 Å². The quantitative estimate of drug-likeness (QED) is 0.874. The van der Waals surface area contributed by atoms with Gasteiger partial charge in [0.05, 0.1) is 5.56 Å². The number of benzene rings is 2. The molecule has 2 aromatic carbocycles. The van der Waals surface area contributed by atoms with Crippen molar-refractivity contribution in [3.05, 3.63) is 64.6 Å². The van der Waals surface area contributed by atoms with Gasteiger partial charge >= 0.3 is 5.97 Å². The van der Waals surface area contributed by atoms with Crippen LogP contribution in [0.15, 0.2) is 59.1 Å². The Morgan fingerprint density at radius 2 is 1.80 bits per heavy atom. The van der Waals surface area contributed by atoms with E-state index >= 15 is 0 Å². The van der Waals surface area contributed by atoms with Gasteiger partial charge in [-0.3, -0.25) is 4.79 Å². The Morgan fingerprint density at radius 1 is 1.05 bits per heavy atom. The van der Waals surface area contributed by atoms with Crippen LogP contribution in [0.4, 0.5) is 5.69 Å². The molecule has 0 heterocycles. The molecule has 0 atom stereocenters. The van der Waals surface area contributed by atoms with Crippen molar-refractivity contribution in [1.29, 1.82) is 0 Å². The molecule has 4 nitrogen and oxygen atoms in total. The molecule has 0 bridgehead atoms. The summed E-state index contributed by atoms with van der Waals surface area (Å²) >= 11 is 3.27. The smallest absolute Gasteiger partial charge is 0.338 e. The number of nitrogens with one attached hydrogen (secondary N) is 1. The van der Waals surface area contributed by atoms with Crippen molar-refractivity contribution >= 4 is 33.5 Å². The summed E-state index contributed by atoms with van der Waals surface area (Å²) in [6.07, 6.45) is 0. The van der Waals surface area contributed by atoms with Gasteiger partial charge in [0.15, 0.2) is 6.61 Å². The van der Waals surface area contributed by atoms with Crippen LogP contribution in [-0.4, -0.2) is 18.5 Å². The minimum atomic E-state index is -0.533. The topological polar surface area (TPSA) is 55.4 Å². The van der Waals surface area contributed by atoms with Gasteiger partial charge in [0.25, 0.3) is 5.91 Å². The van der Waals surface area contributed by atoms with Crippen LogP contribution in [0.5, 0.6) is 0 Å². The third-order valence-electron chi connectivity index (χ3n) is 2.45. The predicted molar refractivity (Wildman–Crippen MR) is 79.5 cm³/mol. The van der Waals surface area contributed by atoms with E-state index in [9.17, 15) is 9.59 Å². The van der Waals surface area contributed by atoms with Crippen molar-refractivity contribution in [3.8, 4) is 0 Å². The monoisotopic (exact) mass is 333 g/mol. The van der Waals surface area contributed by atoms with E-state index in [2.05, 4.69) is 21.2 Å². The maximum Gasteiger partial charge on any atom is 0.338 e. The van der Waals surface area contributed by atoms with Gasteiger partial charge in [0.1, 0.15) is 0 Å². The molecular formula is C15H12BrNO3. The molecule has 0 radical (unpaired) electrons. The van der Waals surface area contributed by atoms with E-state index in [-0.39, 0.29) is 12.5 Å². The molecule has 1 N–H and O–H groups in total. The number of anilines is 1. The summed E-state index contributed by atoms with van der Waals surface area (Å²) in [6.45, 7) is -0.319. The number of hydrogen-bond acceptors (Lipinski definition) is 3. The summed E-state index contributed by atoms with van der Waals surface area (Å²) in [7, 11) is 0. The molecule has 0 saturated carbocycles. The van der Waals surface area contributed by atoms with Crippen molar-refractivity contribution in [2.24, 2.45) is 0 Å². The van der Waals surface area contributed by atoms with Crippen molar-refractivity contribution < 1.29 is 14.3 Å². The molecule has 20 heavy (non-hydrogen) atoms. The summed E-state index contributed by atoms with van der Waals surface area (Å²) in [5.74, 6) is -0.908. The van der Waals surface area contributed by atoms with Crippen molar-refractivity contribution in [1.82, 2.24) is 0 Å². The van der Waals surface area contributed by atoms with Crippen LogP contribution >= 0.6 is 15.9 Å². The third-order valence-corrected chi connectivity index (χ3v) is 2.95. The lowest BCUT2D eigenvalue weighted by Gasteiger charge is -2.06. The van der Waals surface area contributed by atoms with Crippen LogP contribution in [0, 0.1) is 0 Å². The first-order valence-corrected chi connectivity index (χ1v) is 6.72. The highest BCUT2D eigenvalue weighted by Crippen LogP contribution is 2.12. The van der Waals surface area contributed by atoms with E-state index in [1.807, 2.05) is 18.2 Å². The summed E-state index contributed by atoms with van der Waals surface area (Å²) in [5.41, 5.74) is 1.06. The van der Waals surface area contributed by atoms with E-state index < -0.39 is 5.97 Å². The Kier molecular flexibility index (Phi) is 4.90. The normalized spacial score (nSPS) is 9.85. The van der Waals surface area contributed by atoms with Crippen LogP contribution < -0.4 is 5.32 Å². The molecule has 0 spiro atoms. The van der Waals surface area contributed by atoms with Gasteiger partial charge in [-0.1, -0.05) is 40.2 Å². The van der Waals surface area contributed by atoms with E-state index in [1.54, 1.807) is 36.4 Å². The first kappa shape index (κ1) is 14.3. The first-order chi connectivity index (χ1) is 9.65. The van der Waals surface area contributed by atoms with Gasteiger partial charge < -0.3 is 10.1 Å². The molecule has 2 aromatic rings. The van der Waals surface area contributed by atoms with Crippen LogP contribution in [0.3, 0.4) is 0 Å². The fourth-order valence-corrected chi connectivity index (χ4v) is 1.95. The number of ether oxygens (including phenoxy) is 1. The SMILES string of the molecule is O=C(COC(=O)c1cccc(Br)c1)Nc1ccccc1. The number of carbonyl (C=O) groups excluding carboxylic acids is 2. The molecule has 0 aliphatic carbocycles. The fraction of sp³-hybridized carbons (Fsp3) is 0.0667. The Hall–Kier alpha value is -2.14. The second-order valence-electron chi connectivity index (χ2n) is 4.00. The number of carbonyl (C=O) groups is 2. The summed E-state index contributed by atoms with van der Waals surface area (Å²) in [6, 6.07) is 15.8. The van der Waals surface area contributed by atoms with E-state index in [1.165, 1.54) is 0 Å². The molecule has 1 amide bonds. The number of para-hydroxylation sites is 1. The summed E-state index contributed by atoms with van der Waals surface area (Å²) < 4.78 is 5.72. The molecule has 0 aromatic heterocycles. The Balaban J connectivity index is 1.86. The molecule has 102 valence electrons. The molecule has 0 aliphatic heterocycles.